The monoisotopic (exact) mass is 278 g/mol. The van der Waals surface area contributed by atoms with Gasteiger partial charge in [-0.15, -0.1) is 0 Å². The summed E-state index contributed by atoms with van der Waals surface area (Å²) in [6.07, 6.45) is 8.63. The molecule has 1 N–H and O–H groups in total. The van der Waals surface area contributed by atoms with Crippen molar-refractivity contribution < 1.29 is 0 Å². The zero-order valence-electron chi connectivity index (χ0n) is 14.0. The van der Waals surface area contributed by atoms with Gasteiger partial charge in [0.2, 0.25) is 0 Å². The zero-order chi connectivity index (χ0) is 14.3. The highest BCUT2D eigenvalue weighted by Gasteiger charge is 2.42. The van der Waals surface area contributed by atoms with Gasteiger partial charge in [0.1, 0.15) is 0 Å². The van der Waals surface area contributed by atoms with Crippen LogP contribution in [0.1, 0.15) is 66.2 Å². The Morgan fingerprint density at radius 1 is 1.15 bits per heavy atom. The molecule has 2 aliphatic carbocycles. The maximum atomic E-state index is 3.86. The molecule has 116 valence electrons. The molecule has 3 atom stereocenters. The Kier molecular flexibility index (Phi) is 4.16. The van der Waals surface area contributed by atoms with Gasteiger partial charge in [-0.1, -0.05) is 34.1 Å². The van der Waals surface area contributed by atoms with Crippen LogP contribution in [-0.4, -0.2) is 36.1 Å². The van der Waals surface area contributed by atoms with Crippen LogP contribution < -0.4 is 5.32 Å². The Labute approximate surface area is 125 Å². The quantitative estimate of drug-likeness (QED) is 0.847. The molecule has 0 aromatic heterocycles. The van der Waals surface area contributed by atoms with Crippen molar-refractivity contribution in [3.8, 4) is 0 Å². The Bertz CT molecular complexity index is 332. The normalized spacial score (nSPS) is 39.1. The van der Waals surface area contributed by atoms with Gasteiger partial charge in [0, 0.05) is 31.2 Å². The van der Waals surface area contributed by atoms with E-state index in [1.54, 1.807) is 0 Å². The molecule has 0 spiro atoms. The van der Waals surface area contributed by atoms with Crippen molar-refractivity contribution in [1.82, 2.24) is 10.2 Å². The molecule has 2 saturated carbocycles. The van der Waals surface area contributed by atoms with E-state index in [1.807, 2.05) is 0 Å². The van der Waals surface area contributed by atoms with Gasteiger partial charge in [-0.3, -0.25) is 4.90 Å². The number of nitrogens with zero attached hydrogens (tertiary/aromatic N) is 1. The van der Waals surface area contributed by atoms with Crippen molar-refractivity contribution in [2.45, 2.75) is 84.3 Å². The Morgan fingerprint density at radius 2 is 1.90 bits per heavy atom. The number of nitrogens with one attached hydrogen (secondary N) is 1. The topological polar surface area (TPSA) is 15.3 Å². The lowest BCUT2D eigenvalue weighted by Crippen LogP contribution is -2.62. The minimum atomic E-state index is 0.560. The lowest BCUT2D eigenvalue weighted by atomic mass is 9.74. The van der Waals surface area contributed by atoms with E-state index < -0.39 is 0 Å². The van der Waals surface area contributed by atoms with E-state index in [2.05, 4.69) is 37.9 Å². The van der Waals surface area contributed by atoms with Gasteiger partial charge in [-0.2, -0.15) is 0 Å². The van der Waals surface area contributed by atoms with E-state index in [0.717, 1.165) is 30.0 Å². The average molecular weight is 278 g/mol. The molecule has 0 amide bonds. The first-order chi connectivity index (χ1) is 9.46. The molecule has 1 aliphatic heterocycles. The second-order valence-electron chi connectivity index (χ2n) is 8.77. The highest BCUT2D eigenvalue weighted by atomic mass is 15.3. The number of rotatable bonds is 3. The summed E-state index contributed by atoms with van der Waals surface area (Å²) < 4.78 is 0. The van der Waals surface area contributed by atoms with E-state index in [1.165, 1.54) is 51.6 Å². The molecule has 0 radical (unpaired) electrons. The van der Waals surface area contributed by atoms with E-state index in [9.17, 15) is 0 Å². The van der Waals surface area contributed by atoms with Crippen molar-refractivity contribution >= 4 is 0 Å². The van der Waals surface area contributed by atoms with Gasteiger partial charge in [0.05, 0.1) is 0 Å². The van der Waals surface area contributed by atoms with Gasteiger partial charge in [0.15, 0.2) is 0 Å². The summed E-state index contributed by atoms with van der Waals surface area (Å²) in [4.78, 5) is 2.92. The van der Waals surface area contributed by atoms with Gasteiger partial charge in [-0.05, 0) is 49.4 Å². The summed E-state index contributed by atoms with van der Waals surface area (Å²) in [5.74, 6) is 1.76. The second kappa shape index (κ2) is 5.61. The van der Waals surface area contributed by atoms with Crippen LogP contribution >= 0.6 is 0 Å². The van der Waals surface area contributed by atoms with Crippen molar-refractivity contribution in [3.05, 3.63) is 0 Å². The maximum Gasteiger partial charge on any atom is 0.0247 e. The van der Waals surface area contributed by atoms with E-state index in [0.29, 0.717) is 5.41 Å². The van der Waals surface area contributed by atoms with E-state index >= 15 is 0 Å². The highest BCUT2D eigenvalue weighted by Crippen LogP contribution is 2.40. The first kappa shape index (κ1) is 14.8. The third kappa shape index (κ3) is 3.22. The van der Waals surface area contributed by atoms with E-state index in [-0.39, 0.29) is 0 Å². The largest absolute Gasteiger partial charge is 0.311 e. The number of piperazine rings is 1. The zero-order valence-corrected chi connectivity index (χ0v) is 14.0. The molecule has 0 aromatic rings. The van der Waals surface area contributed by atoms with Crippen molar-refractivity contribution in [2.75, 3.05) is 13.1 Å². The molecule has 0 aromatic carbocycles. The first-order valence-corrected chi connectivity index (χ1v) is 8.95. The highest BCUT2D eigenvalue weighted by molar-refractivity contribution is 4.98. The molecule has 0 bridgehead atoms. The van der Waals surface area contributed by atoms with Crippen LogP contribution in [0.5, 0.6) is 0 Å². The summed E-state index contributed by atoms with van der Waals surface area (Å²) >= 11 is 0. The van der Waals surface area contributed by atoms with Crippen molar-refractivity contribution in [3.63, 3.8) is 0 Å². The standard InChI is InChI=1S/C18H34N2/c1-13(2)17-11-19-16(14-7-8-14)12-20(17)15-6-5-9-18(3,4)10-15/h13-17,19H,5-12H2,1-4H3. The molecule has 3 rings (SSSR count). The Hall–Kier alpha value is -0.0800. The Balaban J connectivity index is 1.71. The van der Waals surface area contributed by atoms with Crippen LogP contribution in [0.4, 0.5) is 0 Å². The molecule has 2 heteroatoms. The predicted molar refractivity (Wildman–Crippen MR) is 85.9 cm³/mol. The van der Waals surface area contributed by atoms with E-state index in [4.69, 9.17) is 0 Å². The summed E-state index contributed by atoms with van der Waals surface area (Å²) in [7, 11) is 0. The fourth-order valence-electron chi connectivity index (χ4n) is 4.61. The van der Waals surface area contributed by atoms with Crippen molar-refractivity contribution in [1.29, 1.82) is 0 Å². The summed E-state index contributed by atoms with van der Waals surface area (Å²) in [6, 6.07) is 2.38. The second-order valence-corrected chi connectivity index (χ2v) is 8.77. The van der Waals surface area contributed by atoms with Gasteiger partial charge in [0.25, 0.3) is 0 Å². The fourth-order valence-corrected chi connectivity index (χ4v) is 4.61. The maximum absolute atomic E-state index is 3.86. The van der Waals surface area contributed by atoms with Crippen LogP contribution in [-0.2, 0) is 0 Å². The molecule has 3 unspecified atom stereocenters. The summed E-state index contributed by atoms with van der Waals surface area (Å²) in [5.41, 5.74) is 0.560. The molecule has 3 aliphatic rings. The number of hydrogen-bond acceptors (Lipinski definition) is 2. The summed E-state index contributed by atoms with van der Waals surface area (Å²) in [5, 5.41) is 3.86. The molecule has 1 saturated heterocycles. The molecule has 2 nitrogen and oxygen atoms in total. The minimum absolute atomic E-state index is 0.560. The van der Waals surface area contributed by atoms with Crippen LogP contribution in [0.15, 0.2) is 0 Å². The molecule has 20 heavy (non-hydrogen) atoms. The van der Waals surface area contributed by atoms with Crippen LogP contribution in [0.25, 0.3) is 0 Å². The van der Waals surface area contributed by atoms with Gasteiger partial charge < -0.3 is 5.32 Å². The van der Waals surface area contributed by atoms with Crippen LogP contribution in [0.2, 0.25) is 0 Å². The lowest BCUT2D eigenvalue weighted by Gasteiger charge is -2.50. The van der Waals surface area contributed by atoms with Crippen LogP contribution in [0.3, 0.4) is 0 Å². The van der Waals surface area contributed by atoms with Crippen molar-refractivity contribution in [2.24, 2.45) is 17.3 Å². The molecule has 3 fully saturated rings. The lowest BCUT2D eigenvalue weighted by molar-refractivity contribution is 0.0110. The fraction of sp³-hybridized carbons (Fsp3) is 1.00. The molecular formula is C18H34N2. The molecule has 1 heterocycles. The predicted octanol–water partition coefficient (Wildman–Crippen LogP) is 3.66. The minimum Gasteiger partial charge on any atom is -0.311 e. The van der Waals surface area contributed by atoms with Gasteiger partial charge >= 0.3 is 0 Å². The third-order valence-corrected chi connectivity index (χ3v) is 6.03. The third-order valence-electron chi connectivity index (χ3n) is 6.03. The SMILES string of the molecule is CC(C)C1CNC(C2CC2)CN1C1CCCC(C)(C)C1. The molecular weight excluding hydrogens is 244 g/mol. The van der Waals surface area contributed by atoms with Gasteiger partial charge in [-0.25, -0.2) is 0 Å². The summed E-state index contributed by atoms with van der Waals surface area (Å²) in [6.45, 7) is 12.3. The first-order valence-electron chi connectivity index (χ1n) is 8.95. The smallest absolute Gasteiger partial charge is 0.0247 e. The van der Waals surface area contributed by atoms with Crippen LogP contribution in [0, 0.1) is 17.3 Å². The average Bonchev–Trinajstić information content (AvgIpc) is 3.21. The number of hydrogen-bond donors (Lipinski definition) is 1. The Morgan fingerprint density at radius 3 is 2.50 bits per heavy atom.